The Bertz CT molecular complexity index is 627. The van der Waals surface area contributed by atoms with Gasteiger partial charge in [-0.1, -0.05) is 30.3 Å². The van der Waals surface area contributed by atoms with Gasteiger partial charge in [0.2, 0.25) is 5.91 Å². The van der Waals surface area contributed by atoms with Crippen LogP contribution in [0.3, 0.4) is 0 Å². The number of nitrogens with two attached hydrogens (primary N) is 1. The van der Waals surface area contributed by atoms with Crippen molar-refractivity contribution < 1.29 is 9.18 Å². The van der Waals surface area contributed by atoms with Gasteiger partial charge in [0.25, 0.3) is 0 Å². The number of hydrogen-bond acceptors (Lipinski definition) is 2. The lowest BCUT2D eigenvalue weighted by Crippen LogP contribution is -2.31. The van der Waals surface area contributed by atoms with Gasteiger partial charge in [-0.15, -0.1) is 0 Å². The van der Waals surface area contributed by atoms with Crippen molar-refractivity contribution >= 4 is 11.6 Å². The standard InChI is InChI=1S/C15H13FN2O/c16-11-6-7-13-12(8-11)14(17)15(19)18(13)9-10-4-2-1-3-5-10/h1-8,14H,9,17H2/t14-/m0/s1. The summed E-state index contributed by atoms with van der Waals surface area (Å²) in [4.78, 5) is 13.8. The van der Waals surface area contributed by atoms with Crippen molar-refractivity contribution in [3.8, 4) is 0 Å². The SMILES string of the molecule is N[C@@H]1C(=O)N(Cc2ccccc2)c2ccc(F)cc21. The van der Waals surface area contributed by atoms with Crippen LogP contribution in [0.25, 0.3) is 0 Å². The van der Waals surface area contributed by atoms with Gasteiger partial charge in [0.15, 0.2) is 0 Å². The van der Waals surface area contributed by atoms with Crippen molar-refractivity contribution in [1.29, 1.82) is 0 Å². The Morgan fingerprint density at radius 3 is 2.63 bits per heavy atom. The minimum Gasteiger partial charge on any atom is -0.316 e. The molecule has 0 radical (unpaired) electrons. The molecule has 0 unspecified atom stereocenters. The Balaban J connectivity index is 1.98. The van der Waals surface area contributed by atoms with Crippen LogP contribution in [0.5, 0.6) is 0 Å². The summed E-state index contributed by atoms with van der Waals surface area (Å²) in [7, 11) is 0. The molecule has 1 heterocycles. The first kappa shape index (κ1) is 11.9. The second-order valence-corrected chi connectivity index (χ2v) is 4.59. The van der Waals surface area contributed by atoms with E-state index in [1.54, 1.807) is 11.0 Å². The van der Waals surface area contributed by atoms with Crippen molar-refractivity contribution in [3.05, 3.63) is 65.5 Å². The number of rotatable bonds is 2. The molecule has 1 aliphatic rings. The number of nitrogens with zero attached hydrogens (tertiary/aromatic N) is 1. The van der Waals surface area contributed by atoms with E-state index in [4.69, 9.17) is 5.73 Å². The average molecular weight is 256 g/mol. The zero-order valence-corrected chi connectivity index (χ0v) is 10.2. The van der Waals surface area contributed by atoms with Gasteiger partial charge in [-0.3, -0.25) is 4.79 Å². The van der Waals surface area contributed by atoms with Crippen LogP contribution in [0, 0.1) is 5.82 Å². The largest absolute Gasteiger partial charge is 0.316 e. The van der Waals surface area contributed by atoms with Crippen LogP contribution in [0.15, 0.2) is 48.5 Å². The predicted molar refractivity (Wildman–Crippen MR) is 71.0 cm³/mol. The van der Waals surface area contributed by atoms with Gasteiger partial charge >= 0.3 is 0 Å². The van der Waals surface area contributed by atoms with Gasteiger partial charge < -0.3 is 10.6 Å². The van der Waals surface area contributed by atoms with Gasteiger partial charge in [0.1, 0.15) is 11.9 Å². The predicted octanol–water partition coefficient (Wildman–Crippen LogP) is 2.37. The van der Waals surface area contributed by atoms with Crippen molar-refractivity contribution in [3.63, 3.8) is 0 Å². The first-order chi connectivity index (χ1) is 9.16. The topological polar surface area (TPSA) is 46.3 Å². The van der Waals surface area contributed by atoms with Crippen molar-refractivity contribution in [2.75, 3.05) is 4.90 Å². The molecule has 3 rings (SSSR count). The number of halogens is 1. The molecule has 19 heavy (non-hydrogen) atoms. The fraction of sp³-hybridized carbons (Fsp3) is 0.133. The fourth-order valence-corrected chi connectivity index (χ4v) is 2.37. The highest BCUT2D eigenvalue weighted by molar-refractivity contribution is 6.04. The summed E-state index contributed by atoms with van der Waals surface area (Å²) < 4.78 is 13.2. The highest BCUT2D eigenvalue weighted by Crippen LogP contribution is 2.35. The third kappa shape index (κ3) is 2.00. The molecule has 2 aromatic rings. The Kier molecular flexibility index (Phi) is 2.80. The normalized spacial score (nSPS) is 17.7. The number of carbonyl (C=O) groups excluding carboxylic acids is 1. The third-order valence-corrected chi connectivity index (χ3v) is 3.33. The molecule has 4 heteroatoms. The summed E-state index contributed by atoms with van der Waals surface area (Å²) in [6, 6.07) is 13.2. The van der Waals surface area contributed by atoms with E-state index in [-0.39, 0.29) is 11.7 Å². The first-order valence-corrected chi connectivity index (χ1v) is 6.07. The van der Waals surface area contributed by atoms with Gasteiger partial charge in [-0.05, 0) is 23.8 Å². The van der Waals surface area contributed by atoms with E-state index in [1.165, 1.54) is 12.1 Å². The zero-order chi connectivity index (χ0) is 13.4. The Morgan fingerprint density at radius 2 is 1.89 bits per heavy atom. The van der Waals surface area contributed by atoms with Crippen LogP contribution >= 0.6 is 0 Å². The number of hydrogen-bond donors (Lipinski definition) is 1. The third-order valence-electron chi connectivity index (χ3n) is 3.33. The maximum Gasteiger partial charge on any atom is 0.248 e. The van der Waals surface area contributed by atoms with Gasteiger partial charge in [0.05, 0.1) is 6.54 Å². The van der Waals surface area contributed by atoms with Crippen LogP contribution < -0.4 is 10.6 Å². The van der Waals surface area contributed by atoms with E-state index in [2.05, 4.69) is 0 Å². The van der Waals surface area contributed by atoms with Crippen LogP contribution in [0.2, 0.25) is 0 Å². The molecule has 0 bridgehead atoms. The number of benzene rings is 2. The van der Waals surface area contributed by atoms with Crippen LogP contribution in [-0.4, -0.2) is 5.91 Å². The summed E-state index contributed by atoms with van der Waals surface area (Å²) in [5.74, 6) is -0.562. The zero-order valence-electron chi connectivity index (χ0n) is 10.2. The molecule has 3 nitrogen and oxygen atoms in total. The van der Waals surface area contributed by atoms with Crippen molar-refractivity contribution in [2.45, 2.75) is 12.6 Å². The molecule has 0 saturated heterocycles. The van der Waals surface area contributed by atoms with Gasteiger partial charge in [-0.2, -0.15) is 0 Å². The fourth-order valence-electron chi connectivity index (χ4n) is 2.37. The lowest BCUT2D eigenvalue weighted by Gasteiger charge is -2.17. The van der Waals surface area contributed by atoms with Gasteiger partial charge in [-0.25, -0.2) is 4.39 Å². The maximum atomic E-state index is 13.2. The molecular weight excluding hydrogens is 243 g/mol. The summed E-state index contributed by atoms with van der Waals surface area (Å²) in [6.45, 7) is 0.450. The minimum absolute atomic E-state index is 0.190. The molecule has 0 aliphatic carbocycles. The average Bonchev–Trinajstić information content (AvgIpc) is 2.65. The highest BCUT2D eigenvalue weighted by Gasteiger charge is 2.34. The van der Waals surface area contributed by atoms with E-state index < -0.39 is 6.04 Å². The molecular formula is C15H13FN2O. The van der Waals surface area contributed by atoms with Crippen molar-refractivity contribution in [1.82, 2.24) is 0 Å². The summed E-state index contributed by atoms with van der Waals surface area (Å²) in [6.07, 6.45) is 0. The van der Waals surface area contributed by atoms with Crippen LogP contribution in [0.1, 0.15) is 17.2 Å². The number of carbonyl (C=O) groups is 1. The molecule has 96 valence electrons. The van der Waals surface area contributed by atoms with Crippen LogP contribution in [-0.2, 0) is 11.3 Å². The second-order valence-electron chi connectivity index (χ2n) is 4.59. The lowest BCUT2D eigenvalue weighted by molar-refractivity contribution is -0.119. The van der Waals surface area contributed by atoms with E-state index in [9.17, 15) is 9.18 Å². The molecule has 2 N–H and O–H groups in total. The molecule has 0 aromatic heterocycles. The molecule has 1 amide bonds. The van der Waals surface area contributed by atoms with E-state index in [0.717, 1.165) is 5.56 Å². The first-order valence-electron chi connectivity index (χ1n) is 6.07. The van der Waals surface area contributed by atoms with E-state index >= 15 is 0 Å². The maximum absolute atomic E-state index is 13.2. The molecule has 0 saturated carbocycles. The molecule has 0 fully saturated rings. The molecule has 1 atom stereocenters. The number of anilines is 1. The van der Waals surface area contributed by atoms with E-state index in [1.807, 2.05) is 30.3 Å². The quantitative estimate of drug-likeness (QED) is 0.896. The van der Waals surface area contributed by atoms with Crippen LogP contribution in [0.4, 0.5) is 10.1 Å². The highest BCUT2D eigenvalue weighted by atomic mass is 19.1. The Labute approximate surface area is 110 Å². The Morgan fingerprint density at radius 1 is 1.16 bits per heavy atom. The molecule has 2 aromatic carbocycles. The summed E-state index contributed by atoms with van der Waals surface area (Å²) >= 11 is 0. The minimum atomic E-state index is -0.769. The Hall–Kier alpha value is -2.20. The molecule has 1 aliphatic heterocycles. The monoisotopic (exact) mass is 256 g/mol. The van der Waals surface area contributed by atoms with Gasteiger partial charge in [0, 0.05) is 11.3 Å². The van der Waals surface area contributed by atoms with E-state index in [0.29, 0.717) is 17.8 Å². The summed E-state index contributed by atoms with van der Waals surface area (Å²) in [5, 5.41) is 0. The lowest BCUT2D eigenvalue weighted by atomic mass is 10.1. The summed E-state index contributed by atoms with van der Waals surface area (Å²) in [5.41, 5.74) is 8.11. The number of fused-ring (bicyclic) bond motifs is 1. The van der Waals surface area contributed by atoms with Crippen molar-refractivity contribution in [2.24, 2.45) is 5.73 Å². The molecule has 0 spiro atoms. The number of amides is 1. The second kappa shape index (κ2) is 4.48. The smallest absolute Gasteiger partial charge is 0.248 e.